The summed E-state index contributed by atoms with van der Waals surface area (Å²) in [7, 11) is 0. The molecule has 0 radical (unpaired) electrons. The van der Waals surface area contributed by atoms with Crippen LogP contribution in [0.5, 0.6) is 0 Å². The third-order valence-corrected chi connectivity index (χ3v) is 4.35. The summed E-state index contributed by atoms with van der Waals surface area (Å²) >= 11 is 6.11. The molecule has 1 aromatic carbocycles. The number of carbonyl (C=O) groups is 2. The van der Waals surface area contributed by atoms with Crippen LogP contribution < -0.4 is 0 Å². The maximum absolute atomic E-state index is 12.6. The molecule has 0 N–H and O–H groups in total. The summed E-state index contributed by atoms with van der Waals surface area (Å²) in [6.45, 7) is 3.84. The van der Waals surface area contributed by atoms with Crippen LogP contribution in [0.1, 0.15) is 33.0 Å². The van der Waals surface area contributed by atoms with Gasteiger partial charge in [0, 0.05) is 32.2 Å². The Bertz CT molecular complexity index is 759. The molecule has 24 heavy (non-hydrogen) atoms. The first-order valence-electron chi connectivity index (χ1n) is 7.82. The highest BCUT2D eigenvalue weighted by Gasteiger charge is 2.25. The molecule has 1 aromatic heterocycles. The van der Waals surface area contributed by atoms with Crippen LogP contribution in [0.3, 0.4) is 0 Å². The monoisotopic (exact) mass is 347 g/mol. The lowest BCUT2D eigenvalue weighted by Crippen LogP contribution is -2.37. The Morgan fingerprint density at radius 1 is 1.08 bits per heavy atom. The molecule has 1 aliphatic rings. The summed E-state index contributed by atoms with van der Waals surface area (Å²) in [5.41, 5.74) is 0.796. The van der Waals surface area contributed by atoms with Crippen molar-refractivity contribution < 1.29 is 14.1 Å². The van der Waals surface area contributed by atoms with E-state index in [1.807, 2.05) is 0 Å². The van der Waals surface area contributed by atoms with E-state index in [9.17, 15) is 9.59 Å². The lowest BCUT2D eigenvalue weighted by molar-refractivity contribution is 0.0713. The van der Waals surface area contributed by atoms with Crippen LogP contribution in [0.25, 0.3) is 0 Å². The summed E-state index contributed by atoms with van der Waals surface area (Å²) in [6.07, 6.45) is 0.707. The average molecular weight is 348 g/mol. The summed E-state index contributed by atoms with van der Waals surface area (Å²) in [5.74, 6) is 0.328. The Labute approximate surface area is 145 Å². The molecule has 0 aliphatic carbocycles. The molecule has 7 heteroatoms. The summed E-state index contributed by atoms with van der Waals surface area (Å²) in [5, 5.41) is 4.21. The minimum atomic E-state index is -0.168. The molecule has 1 aliphatic heterocycles. The van der Waals surface area contributed by atoms with Crippen molar-refractivity contribution in [2.45, 2.75) is 13.3 Å². The lowest BCUT2D eigenvalue weighted by Gasteiger charge is -2.22. The predicted molar refractivity (Wildman–Crippen MR) is 89.1 cm³/mol. The van der Waals surface area contributed by atoms with E-state index in [0.717, 1.165) is 0 Å². The highest BCUT2D eigenvalue weighted by Crippen LogP contribution is 2.18. The zero-order valence-electron chi connectivity index (χ0n) is 13.4. The van der Waals surface area contributed by atoms with Gasteiger partial charge in [-0.05, 0) is 25.5 Å². The number of carbonyl (C=O) groups excluding carboxylic acids is 2. The van der Waals surface area contributed by atoms with Gasteiger partial charge >= 0.3 is 0 Å². The summed E-state index contributed by atoms with van der Waals surface area (Å²) in [6, 6.07) is 8.63. The van der Waals surface area contributed by atoms with Crippen molar-refractivity contribution in [3.63, 3.8) is 0 Å². The second kappa shape index (κ2) is 7.05. The van der Waals surface area contributed by atoms with Gasteiger partial charge in [0.05, 0.1) is 10.6 Å². The third kappa shape index (κ3) is 3.43. The van der Waals surface area contributed by atoms with Crippen LogP contribution >= 0.6 is 11.6 Å². The van der Waals surface area contributed by atoms with Crippen molar-refractivity contribution in [2.24, 2.45) is 0 Å². The van der Waals surface area contributed by atoms with Gasteiger partial charge < -0.3 is 14.3 Å². The Morgan fingerprint density at radius 2 is 1.75 bits per heavy atom. The minimum Gasteiger partial charge on any atom is -0.361 e. The van der Waals surface area contributed by atoms with E-state index in [4.69, 9.17) is 16.1 Å². The number of benzene rings is 1. The molecule has 126 valence electrons. The largest absolute Gasteiger partial charge is 0.361 e. The molecule has 0 atom stereocenters. The Morgan fingerprint density at radius 3 is 2.38 bits per heavy atom. The van der Waals surface area contributed by atoms with Gasteiger partial charge in [-0.25, -0.2) is 0 Å². The van der Waals surface area contributed by atoms with Gasteiger partial charge in [0.25, 0.3) is 11.8 Å². The number of rotatable bonds is 2. The van der Waals surface area contributed by atoms with Gasteiger partial charge in [0.2, 0.25) is 0 Å². The number of amides is 2. The summed E-state index contributed by atoms with van der Waals surface area (Å²) < 4.78 is 4.96. The highest BCUT2D eigenvalue weighted by atomic mass is 35.5. The molecule has 6 nitrogen and oxygen atoms in total. The fourth-order valence-electron chi connectivity index (χ4n) is 2.76. The van der Waals surface area contributed by atoms with E-state index in [1.165, 1.54) is 0 Å². The maximum atomic E-state index is 12.6. The molecule has 1 saturated heterocycles. The first kappa shape index (κ1) is 16.5. The van der Waals surface area contributed by atoms with Crippen LogP contribution in [-0.4, -0.2) is 52.9 Å². The van der Waals surface area contributed by atoms with Crippen LogP contribution in [0.4, 0.5) is 0 Å². The van der Waals surface area contributed by atoms with Crippen LogP contribution in [0.15, 0.2) is 34.9 Å². The van der Waals surface area contributed by atoms with E-state index >= 15 is 0 Å². The zero-order valence-corrected chi connectivity index (χ0v) is 14.1. The molecule has 0 saturated carbocycles. The Balaban J connectivity index is 1.68. The van der Waals surface area contributed by atoms with E-state index in [2.05, 4.69) is 5.16 Å². The quantitative estimate of drug-likeness (QED) is 0.837. The molecule has 2 amide bonds. The summed E-state index contributed by atoms with van der Waals surface area (Å²) in [4.78, 5) is 28.5. The SMILES string of the molecule is Cc1cc(C(=O)N2CCCN(C(=O)c3ccccc3Cl)CC2)no1. The predicted octanol–water partition coefficient (Wildman–Crippen LogP) is 2.62. The van der Waals surface area contributed by atoms with E-state index in [0.29, 0.717) is 54.6 Å². The van der Waals surface area contributed by atoms with Crippen LogP contribution in [0.2, 0.25) is 5.02 Å². The fourth-order valence-corrected chi connectivity index (χ4v) is 2.97. The molecule has 0 unspecified atom stereocenters. The molecule has 0 spiro atoms. The number of hydrogen-bond acceptors (Lipinski definition) is 4. The molecule has 2 aromatic rings. The number of hydrogen-bond donors (Lipinski definition) is 0. The van der Waals surface area contributed by atoms with Crippen LogP contribution in [0, 0.1) is 6.92 Å². The van der Waals surface area contributed by atoms with Crippen molar-refractivity contribution in [3.05, 3.63) is 52.4 Å². The van der Waals surface area contributed by atoms with Crippen LogP contribution in [-0.2, 0) is 0 Å². The van der Waals surface area contributed by atoms with Gasteiger partial charge in [0.15, 0.2) is 5.69 Å². The molecule has 3 rings (SSSR count). The smallest absolute Gasteiger partial charge is 0.276 e. The lowest BCUT2D eigenvalue weighted by atomic mass is 10.2. The number of halogens is 1. The van der Waals surface area contributed by atoms with Crippen molar-refractivity contribution in [3.8, 4) is 0 Å². The molecule has 1 fully saturated rings. The molecule has 0 bridgehead atoms. The zero-order chi connectivity index (χ0) is 17.1. The third-order valence-electron chi connectivity index (χ3n) is 4.02. The highest BCUT2D eigenvalue weighted by molar-refractivity contribution is 6.33. The number of aryl methyl sites for hydroxylation is 1. The second-order valence-electron chi connectivity index (χ2n) is 5.74. The van der Waals surface area contributed by atoms with Gasteiger partial charge in [0.1, 0.15) is 5.76 Å². The molecular weight excluding hydrogens is 330 g/mol. The first-order valence-corrected chi connectivity index (χ1v) is 8.20. The first-order chi connectivity index (χ1) is 11.6. The maximum Gasteiger partial charge on any atom is 0.276 e. The minimum absolute atomic E-state index is 0.104. The average Bonchev–Trinajstić information content (AvgIpc) is 2.87. The normalized spacial score (nSPS) is 15.2. The van der Waals surface area contributed by atoms with Gasteiger partial charge in [-0.1, -0.05) is 28.9 Å². The molecule has 2 heterocycles. The van der Waals surface area contributed by atoms with Gasteiger partial charge in [-0.15, -0.1) is 0 Å². The Kier molecular flexibility index (Phi) is 4.85. The van der Waals surface area contributed by atoms with E-state index in [-0.39, 0.29) is 11.8 Å². The van der Waals surface area contributed by atoms with Crippen molar-refractivity contribution >= 4 is 23.4 Å². The van der Waals surface area contributed by atoms with Crippen molar-refractivity contribution in [2.75, 3.05) is 26.2 Å². The Hall–Kier alpha value is -2.34. The van der Waals surface area contributed by atoms with E-state index in [1.54, 1.807) is 47.1 Å². The number of aromatic nitrogens is 1. The standard InChI is InChI=1S/C17H18ClN3O3/c1-12-11-15(19-24-12)17(23)21-8-4-7-20(9-10-21)16(22)13-5-2-3-6-14(13)18/h2-3,5-6,11H,4,7-10H2,1H3. The van der Waals surface area contributed by atoms with Crippen molar-refractivity contribution in [1.29, 1.82) is 0 Å². The fraction of sp³-hybridized carbons (Fsp3) is 0.353. The molecular formula is C17H18ClN3O3. The van der Waals surface area contributed by atoms with Gasteiger partial charge in [-0.3, -0.25) is 9.59 Å². The van der Waals surface area contributed by atoms with Crippen molar-refractivity contribution in [1.82, 2.24) is 15.0 Å². The topological polar surface area (TPSA) is 66.7 Å². The number of nitrogens with zero attached hydrogens (tertiary/aromatic N) is 3. The van der Waals surface area contributed by atoms with Gasteiger partial charge in [-0.2, -0.15) is 0 Å². The second-order valence-corrected chi connectivity index (χ2v) is 6.15. The van der Waals surface area contributed by atoms with E-state index < -0.39 is 0 Å².